The van der Waals surface area contributed by atoms with Gasteiger partial charge in [0.15, 0.2) is 5.78 Å². The van der Waals surface area contributed by atoms with E-state index in [1.165, 1.54) is 0 Å². The van der Waals surface area contributed by atoms with Crippen LogP contribution in [0.25, 0.3) is 0 Å². The molecule has 0 amide bonds. The lowest BCUT2D eigenvalue weighted by Crippen LogP contribution is -2.15. The molecule has 0 bridgehead atoms. The molecule has 1 aromatic carbocycles. The SMILES string of the molecule is CC(C)c1ccccc1OCC(=O)CO. The molecule has 0 radical (unpaired) electrons. The summed E-state index contributed by atoms with van der Waals surface area (Å²) >= 11 is 0. The molecule has 0 saturated heterocycles. The quantitative estimate of drug-likeness (QED) is 0.801. The predicted molar refractivity (Wildman–Crippen MR) is 58.1 cm³/mol. The van der Waals surface area contributed by atoms with Crippen molar-refractivity contribution in [1.29, 1.82) is 0 Å². The number of aliphatic hydroxyl groups is 1. The Hall–Kier alpha value is -1.35. The lowest BCUT2D eigenvalue weighted by Gasteiger charge is -2.12. The highest BCUT2D eigenvalue weighted by atomic mass is 16.5. The van der Waals surface area contributed by atoms with Crippen LogP contribution in [0.15, 0.2) is 24.3 Å². The highest BCUT2D eigenvalue weighted by Crippen LogP contribution is 2.25. The molecule has 0 saturated carbocycles. The Balaban J connectivity index is 2.71. The maximum Gasteiger partial charge on any atom is 0.195 e. The van der Waals surface area contributed by atoms with E-state index in [2.05, 4.69) is 13.8 Å². The van der Waals surface area contributed by atoms with Crippen LogP contribution in [0.5, 0.6) is 5.75 Å². The van der Waals surface area contributed by atoms with Crippen molar-refractivity contribution in [2.75, 3.05) is 13.2 Å². The topological polar surface area (TPSA) is 46.5 Å². The minimum absolute atomic E-state index is 0.0692. The number of rotatable bonds is 5. The minimum atomic E-state index is -0.468. The number of ether oxygens (including phenoxy) is 1. The van der Waals surface area contributed by atoms with Crippen LogP contribution in [0.3, 0.4) is 0 Å². The first-order chi connectivity index (χ1) is 7.15. The van der Waals surface area contributed by atoms with Crippen LogP contribution in [-0.4, -0.2) is 24.1 Å². The highest BCUT2D eigenvalue weighted by molar-refractivity contribution is 5.80. The van der Waals surface area contributed by atoms with Gasteiger partial charge in [0, 0.05) is 0 Å². The second-order valence-corrected chi connectivity index (χ2v) is 3.68. The Bertz CT molecular complexity index is 331. The molecule has 0 unspecified atom stereocenters. The number of aliphatic hydroxyl groups excluding tert-OH is 1. The molecule has 0 aliphatic rings. The standard InChI is InChI=1S/C12H16O3/c1-9(2)11-5-3-4-6-12(11)15-8-10(14)7-13/h3-6,9,13H,7-8H2,1-2H3. The zero-order valence-electron chi connectivity index (χ0n) is 9.06. The molecule has 1 N–H and O–H groups in total. The summed E-state index contributed by atoms with van der Waals surface area (Å²) in [6.45, 7) is 3.59. The van der Waals surface area contributed by atoms with Crippen molar-refractivity contribution in [3.63, 3.8) is 0 Å². The third-order valence-electron chi connectivity index (χ3n) is 2.11. The van der Waals surface area contributed by atoms with E-state index in [0.29, 0.717) is 11.7 Å². The molecular formula is C12H16O3. The summed E-state index contributed by atoms with van der Waals surface area (Å²) in [6.07, 6.45) is 0. The zero-order chi connectivity index (χ0) is 11.3. The Morgan fingerprint density at radius 2 is 2.07 bits per heavy atom. The van der Waals surface area contributed by atoms with E-state index in [4.69, 9.17) is 9.84 Å². The van der Waals surface area contributed by atoms with Crippen molar-refractivity contribution in [1.82, 2.24) is 0 Å². The van der Waals surface area contributed by atoms with Crippen LogP contribution in [0.2, 0.25) is 0 Å². The van der Waals surface area contributed by atoms with Gasteiger partial charge in [-0.05, 0) is 17.5 Å². The molecule has 0 fully saturated rings. The van der Waals surface area contributed by atoms with Gasteiger partial charge in [-0.15, -0.1) is 0 Å². The van der Waals surface area contributed by atoms with Crippen LogP contribution in [-0.2, 0) is 4.79 Å². The summed E-state index contributed by atoms with van der Waals surface area (Å²) in [6, 6.07) is 7.62. The number of carbonyl (C=O) groups excluding carboxylic acids is 1. The Labute approximate surface area is 89.7 Å². The van der Waals surface area contributed by atoms with Crippen LogP contribution >= 0.6 is 0 Å². The molecular weight excluding hydrogens is 192 g/mol. The minimum Gasteiger partial charge on any atom is -0.485 e. The fourth-order valence-corrected chi connectivity index (χ4v) is 1.29. The Morgan fingerprint density at radius 1 is 1.40 bits per heavy atom. The Kier molecular flexibility index (Phi) is 4.31. The highest BCUT2D eigenvalue weighted by Gasteiger charge is 2.08. The third-order valence-corrected chi connectivity index (χ3v) is 2.11. The van der Waals surface area contributed by atoms with Gasteiger partial charge in [0.25, 0.3) is 0 Å². The zero-order valence-corrected chi connectivity index (χ0v) is 9.06. The number of ketones is 1. The van der Waals surface area contributed by atoms with Gasteiger partial charge in [0.05, 0.1) is 0 Å². The first-order valence-electron chi connectivity index (χ1n) is 4.99. The molecule has 15 heavy (non-hydrogen) atoms. The summed E-state index contributed by atoms with van der Waals surface area (Å²) < 4.78 is 5.34. The van der Waals surface area contributed by atoms with Gasteiger partial charge in [-0.3, -0.25) is 4.79 Å². The molecule has 82 valence electrons. The monoisotopic (exact) mass is 208 g/mol. The smallest absolute Gasteiger partial charge is 0.195 e. The van der Waals surface area contributed by atoms with E-state index in [0.717, 1.165) is 5.56 Å². The van der Waals surface area contributed by atoms with Gasteiger partial charge >= 0.3 is 0 Å². The van der Waals surface area contributed by atoms with E-state index in [9.17, 15) is 4.79 Å². The largest absolute Gasteiger partial charge is 0.485 e. The van der Waals surface area contributed by atoms with Crippen molar-refractivity contribution in [2.24, 2.45) is 0 Å². The normalized spacial score (nSPS) is 10.4. The molecule has 0 spiro atoms. The number of para-hydroxylation sites is 1. The van der Waals surface area contributed by atoms with Crippen LogP contribution in [0.1, 0.15) is 25.3 Å². The summed E-state index contributed by atoms with van der Waals surface area (Å²) in [5, 5.41) is 8.56. The third kappa shape index (κ3) is 3.36. The van der Waals surface area contributed by atoms with E-state index in [1.807, 2.05) is 24.3 Å². The average molecular weight is 208 g/mol. The number of Topliss-reactive ketones (excluding diaryl/α,β-unsaturated/α-hetero) is 1. The number of hydrogen-bond donors (Lipinski definition) is 1. The van der Waals surface area contributed by atoms with Gasteiger partial charge < -0.3 is 9.84 Å². The fraction of sp³-hybridized carbons (Fsp3) is 0.417. The molecule has 0 aromatic heterocycles. The van der Waals surface area contributed by atoms with Crippen molar-refractivity contribution >= 4 is 5.78 Å². The average Bonchev–Trinajstić information content (AvgIpc) is 2.26. The summed E-state index contributed by atoms with van der Waals surface area (Å²) in [7, 11) is 0. The number of benzene rings is 1. The second-order valence-electron chi connectivity index (χ2n) is 3.68. The molecule has 0 heterocycles. The maximum absolute atomic E-state index is 10.9. The summed E-state index contributed by atoms with van der Waals surface area (Å²) in [4.78, 5) is 10.9. The van der Waals surface area contributed by atoms with E-state index in [1.54, 1.807) is 0 Å². The molecule has 0 aliphatic carbocycles. The van der Waals surface area contributed by atoms with Gasteiger partial charge in [-0.2, -0.15) is 0 Å². The van der Waals surface area contributed by atoms with E-state index in [-0.39, 0.29) is 12.4 Å². The fourth-order valence-electron chi connectivity index (χ4n) is 1.29. The van der Waals surface area contributed by atoms with Gasteiger partial charge in [-0.25, -0.2) is 0 Å². The first kappa shape index (κ1) is 11.7. The van der Waals surface area contributed by atoms with Gasteiger partial charge in [0.1, 0.15) is 19.0 Å². The van der Waals surface area contributed by atoms with Gasteiger partial charge in [0.2, 0.25) is 0 Å². The Morgan fingerprint density at radius 3 is 2.67 bits per heavy atom. The number of hydrogen-bond acceptors (Lipinski definition) is 3. The van der Waals surface area contributed by atoms with Gasteiger partial charge in [-0.1, -0.05) is 32.0 Å². The first-order valence-corrected chi connectivity index (χ1v) is 4.99. The molecule has 1 aromatic rings. The second kappa shape index (κ2) is 5.51. The van der Waals surface area contributed by atoms with Crippen LogP contribution in [0.4, 0.5) is 0 Å². The number of carbonyl (C=O) groups is 1. The maximum atomic E-state index is 10.9. The molecule has 0 aliphatic heterocycles. The molecule has 3 heteroatoms. The van der Waals surface area contributed by atoms with Crippen LogP contribution < -0.4 is 4.74 Å². The van der Waals surface area contributed by atoms with Crippen molar-refractivity contribution in [3.8, 4) is 5.75 Å². The van der Waals surface area contributed by atoms with Crippen LogP contribution in [0, 0.1) is 0 Å². The van der Waals surface area contributed by atoms with Crippen molar-refractivity contribution in [3.05, 3.63) is 29.8 Å². The van der Waals surface area contributed by atoms with E-state index >= 15 is 0 Å². The van der Waals surface area contributed by atoms with Crippen molar-refractivity contribution < 1.29 is 14.6 Å². The molecule has 1 rings (SSSR count). The lowest BCUT2D eigenvalue weighted by molar-refractivity contribution is -0.123. The van der Waals surface area contributed by atoms with E-state index < -0.39 is 6.61 Å². The molecule has 3 nitrogen and oxygen atoms in total. The molecule has 0 atom stereocenters. The summed E-state index contributed by atoms with van der Waals surface area (Å²) in [5.74, 6) is 0.758. The van der Waals surface area contributed by atoms with Crippen molar-refractivity contribution in [2.45, 2.75) is 19.8 Å². The lowest BCUT2D eigenvalue weighted by atomic mass is 10.0. The summed E-state index contributed by atoms with van der Waals surface area (Å²) in [5.41, 5.74) is 1.07. The predicted octanol–water partition coefficient (Wildman–Crippen LogP) is 1.75.